The van der Waals surface area contributed by atoms with E-state index in [0.29, 0.717) is 57.2 Å². The first kappa shape index (κ1) is 20.7. The maximum absolute atomic E-state index is 13.0. The van der Waals surface area contributed by atoms with Crippen molar-refractivity contribution in [3.63, 3.8) is 0 Å². The van der Waals surface area contributed by atoms with E-state index in [-0.39, 0.29) is 10.8 Å². The summed E-state index contributed by atoms with van der Waals surface area (Å²) >= 11 is 0. The van der Waals surface area contributed by atoms with Gasteiger partial charge in [0.05, 0.1) is 11.2 Å². The molecule has 1 fully saturated rings. The highest BCUT2D eigenvalue weighted by Crippen LogP contribution is 2.34. The average molecular weight is 441 g/mol. The number of piperidine rings is 1. The van der Waals surface area contributed by atoms with Crippen LogP contribution in [0.15, 0.2) is 40.3 Å². The molecule has 0 spiro atoms. The van der Waals surface area contributed by atoms with Gasteiger partial charge in [0.25, 0.3) is 12.0 Å². The van der Waals surface area contributed by atoms with Crippen molar-refractivity contribution in [2.75, 3.05) is 26.3 Å². The fourth-order valence-electron chi connectivity index (χ4n) is 3.64. The molecule has 1 aromatic heterocycles. The molecule has 0 amide bonds. The molecule has 1 aromatic carbocycles. The highest BCUT2D eigenvalue weighted by atomic mass is 32.2. The molecule has 3 heterocycles. The summed E-state index contributed by atoms with van der Waals surface area (Å²) in [6, 6.07) is 5.42. The average Bonchev–Trinajstić information content (AvgIpc) is 2.75. The summed E-state index contributed by atoms with van der Waals surface area (Å²) < 4.78 is 64.9. The summed E-state index contributed by atoms with van der Waals surface area (Å²) in [6.45, 7) is 1.72. The Balaban J connectivity index is 1.41. The summed E-state index contributed by atoms with van der Waals surface area (Å²) in [5.74, 6) is 0.987. The third kappa shape index (κ3) is 4.17. The van der Waals surface area contributed by atoms with Crippen LogP contribution in [0, 0.1) is 5.92 Å². The van der Waals surface area contributed by atoms with Crippen LogP contribution in [-0.4, -0.2) is 48.6 Å². The lowest BCUT2D eigenvalue weighted by Crippen LogP contribution is -2.40. The van der Waals surface area contributed by atoms with Crippen LogP contribution in [0.3, 0.4) is 0 Å². The van der Waals surface area contributed by atoms with Crippen molar-refractivity contribution >= 4 is 10.0 Å². The Morgan fingerprint density at radius 3 is 2.47 bits per heavy atom. The maximum Gasteiger partial charge on any atom is 0.280 e. The first-order valence-electron chi connectivity index (χ1n) is 9.59. The third-order valence-electron chi connectivity index (χ3n) is 5.30. The van der Waals surface area contributed by atoms with Crippen LogP contribution < -0.4 is 15.0 Å². The number of benzene rings is 1. The van der Waals surface area contributed by atoms with Gasteiger partial charge < -0.3 is 9.47 Å². The van der Waals surface area contributed by atoms with Gasteiger partial charge in [-0.1, -0.05) is 0 Å². The molecule has 8 nitrogen and oxygen atoms in total. The quantitative estimate of drug-likeness (QED) is 0.706. The minimum absolute atomic E-state index is 0.0496. The summed E-state index contributed by atoms with van der Waals surface area (Å²) in [4.78, 5) is 15.8. The minimum atomic E-state index is -3.68. The predicted molar refractivity (Wildman–Crippen MR) is 102 cm³/mol. The summed E-state index contributed by atoms with van der Waals surface area (Å²) in [6.07, 6.45) is -0.566. The molecule has 0 N–H and O–H groups in total. The highest BCUT2D eigenvalue weighted by Gasteiger charge is 2.30. The molecule has 0 atom stereocenters. The van der Waals surface area contributed by atoms with E-state index in [2.05, 4.69) is 4.98 Å². The Morgan fingerprint density at radius 1 is 1.10 bits per heavy atom. The number of nitrogens with zero attached hydrogens (tertiary/aromatic N) is 3. The smallest absolute Gasteiger partial charge is 0.280 e. The number of sulfonamides is 1. The summed E-state index contributed by atoms with van der Waals surface area (Å²) in [5, 5.41) is 0. The van der Waals surface area contributed by atoms with Gasteiger partial charge in [-0.2, -0.15) is 4.31 Å². The number of rotatable bonds is 5. The molecule has 2 aliphatic rings. The van der Waals surface area contributed by atoms with E-state index in [9.17, 15) is 22.0 Å². The number of halogens is 2. The van der Waals surface area contributed by atoms with Crippen molar-refractivity contribution in [3.05, 3.63) is 46.6 Å². The van der Waals surface area contributed by atoms with E-state index in [0.717, 1.165) is 12.4 Å². The molecule has 162 valence electrons. The number of fused-ring (bicyclic) bond motifs is 1. The monoisotopic (exact) mass is 441 g/mol. The van der Waals surface area contributed by atoms with Gasteiger partial charge >= 0.3 is 0 Å². The molecular formula is C19H21F2N3O5S. The number of aromatic nitrogens is 2. The topological polar surface area (TPSA) is 90.7 Å². The van der Waals surface area contributed by atoms with Crippen LogP contribution in [-0.2, 0) is 16.6 Å². The van der Waals surface area contributed by atoms with E-state index in [4.69, 9.17) is 9.47 Å². The fourth-order valence-corrected chi connectivity index (χ4v) is 5.13. The zero-order chi connectivity index (χ0) is 21.3. The third-order valence-corrected chi connectivity index (χ3v) is 7.20. The van der Waals surface area contributed by atoms with Crippen molar-refractivity contribution in [3.8, 4) is 11.5 Å². The Morgan fingerprint density at radius 2 is 1.80 bits per heavy atom. The van der Waals surface area contributed by atoms with Crippen molar-refractivity contribution in [1.82, 2.24) is 13.9 Å². The molecule has 1 saturated heterocycles. The van der Waals surface area contributed by atoms with Crippen molar-refractivity contribution < 1.29 is 26.7 Å². The molecule has 4 rings (SSSR count). The lowest BCUT2D eigenvalue weighted by Gasteiger charge is -2.31. The van der Waals surface area contributed by atoms with E-state index in [1.165, 1.54) is 21.0 Å². The van der Waals surface area contributed by atoms with Crippen molar-refractivity contribution in [2.24, 2.45) is 5.92 Å². The van der Waals surface area contributed by atoms with Gasteiger partial charge in [0.2, 0.25) is 10.0 Å². The van der Waals surface area contributed by atoms with Crippen LogP contribution in [0.4, 0.5) is 8.78 Å². The van der Waals surface area contributed by atoms with Crippen LogP contribution in [0.25, 0.3) is 0 Å². The van der Waals surface area contributed by atoms with Crippen LogP contribution in [0.5, 0.6) is 11.5 Å². The van der Waals surface area contributed by atoms with Crippen molar-refractivity contribution in [1.29, 1.82) is 0 Å². The highest BCUT2D eigenvalue weighted by molar-refractivity contribution is 7.89. The second kappa shape index (κ2) is 8.31. The van der Waals surface area contributed by atoms with Gasteiger partial charge in [0.1, 0.15) is 18.9 Å². The van der Waals surface area contributed by atoms with E-state index in [1.54, 1.807) is 6.07 Å². The number of hydrogen-bond acceptors (Lipinski definition) is 6. The van der Waals surface area contributed by atoms with Crippen molar-refractivity contribution in [2.45, 2.75) is 30.7 Å². The van der Waals surface area contributed by atoms with Gasteiger partial charge in [-0.25, -0.2) is 22.2 Å². The Bertz CT molecular complexity index is 1080. The molecule has 0 saturated carbocycles. The first-order valence-corrected chi connectivity index (χ1v) is 11.0. The lowest BCUT2D eigenvalue weighted by molar-refractivity contribution is 0.145. The minimum Gasteiger partial charge on any atom is -0.486 e. The van der Waals surface area contributed by atoms with E-state index >= 15 is 0 Å². The van der Waals surface area contributed by atoms with Gasteiger partial charge in [0.15, 0.2) is 11.5 Å². The summed E-state index contributed by atoms with van der Waals surface area (Å²) in [5.41, 5.74) is -1.08. The fraction of sp³-hybridized carbons (Fsp3) is 0.474. The molecule has 2 aromatic rings. The second-order valence-corrected chi connectivity index (χ2v) is 9.20. The molecule has 0 unspecified atom stereocenters. The molecule has 11 heteroatoms. The molecule has 30 heavy (non-hydrogen) atoms. The van der Waals surface area contributed by atoms with Crippen LogP contribution >= 0.6 is 0 Å². The van der Waals surface area contributed by atoms with Gasteiger partial charge in [-0.05, 0) is 30.9 Å². The van der Waals surface area contributed by atoms with Gasteiger partial charge in [-0.3, -0.25) is 9.36 Å². The maximum atomic E-state index is 13.0. The van der Waals surface area contributed by atoms with Crippen LogP contribution in [0.1, 0.15) is 25.0 Å². The van der Waals surface area contributed by atoms with Gasteiger partial charge in [0, 0.05) is 31.8 Å². The Kier molecular flexibility index (Phi) is 5.74. The molecular weight excluding hydrogens is 420 g/mol. The molecule has 2 aliphatic heterocycles. The zero-order valence-electron chi connectivity index (χ0n) is 16.0. The largest absolute Gasteiger partial charge is 0.486 e. The number of alkyl halides is 2. The first-order chi connectivity index (χ1) is 14.3. The van der Waals surface area contributed by atoms with E-state index < -0.39 is 27.7 Å². The SMILES string of the molecule is O=c1cc(C(F)F)ncn1CC1CCN(S(=O)(=O)c2ccc3c(c2)OCCO3)CC1. The zero-order valence-corrected chi connectivity index (χ0v) is 16.9. The Labute approximate surface area is 172 Å². The van der Waals surface area contributed by atoms with E-state index in [1.807, 2.05) is 0 Å². The predicted octanol–water partition coefficient (Wildman–Crippen LogP) is 2.05. The summed E-state index contributed by atoms with van der Waals surface area (Å²) in [7, 11) is -3.68. The lowest BCUT2D eigenvalue weighted by atomic mass is 9.98. The number of hydrogen-bond donors (Lipinski definition) is 0. The Hall–Kier alpha value is -2.53. The van der Waals surface area contributed by atoms with Crippen LogP contribution in [0.2, 0.25) is 0 Å². The molecule has 0 aliphatic carbocycles. The number of ether oxygens (including phenoxy) is 2. The molecule has 0 bridgehead atoms. The van der Waals surface area contributed by atoms with Gasteiger partial charge in [-0.15, -0.1) is 0 Å². The normalized spacial score (nSPS) is 18.0. The standard InChI is InChI=1S/C19H21F2N3O5S/c20-19(21)15-10-18(25)23(12-22-15)11-13-3-5-24(6-4-13)30(26,27)14-1-2-16-17(9-14)29-8-7-28-16/h1-2,9-10,12-13,19H,3-8,11H2. The second-order valence-electron chi connectivity index (χ2n) is 7.26. The molecule has 0 radical (unpaired) electrons.